The Morgan fingerprint density at radius 3 is 2.55 bits per heavy atom. The molecule has 2 rings (SSSR count). The Labute approximate surface area is 117 Å². The maximum atomic E-state index is 13.5. The van der Waals surface area contributed by atoms with E-state index < -0.39 is 6.10 Å². The second kappa shape index (κ2) is 6.39. The summed E-state index contributed by atoms with van der Waals surface area (Å²) in [5, 5.41) is 9.53. The average Bonchev–Trinajstić information content (AvgIpc) is 2.46. The molecule has 0 saturated heterocycles. The van der Waals surface area contributed by atoms with Gasteiger partial charge < -0.3 is 14.6 Å². The van der Waals surface area contributed by atoms with Gasteiger partial charge in [-0.2, -0.15) is 0 Å². The van der Waals surface area contributed by atoms with Crippen LogP contribution >= 0.6 is 0 Å². The Kier molecular flexibility index (Phi) is 4.58. The zero-order chi connectivity index (χ0) is 14.5. The number of rotatable bonds is 5. The fraction of sp³-hybridized carbons (Fsp3) is 0.250. The van der Waals surface area contributed by atoms with Crippen molar-refractivity contribution in [1.82, 2.24) is 0 Å². The van der Waals surface area contributed by atoms with Crippen LogP contribution in [0.1, 0.15) is 24.2 Å². The first-order valence-electron chi connectivity index (χ1n) is 6.34. The van der Waals surface area contributed by atoms with Crippen molar-refractivity contribution in [2.24, 2.45) is 0 Å². The van der Waals surface area contributed by atoms with Crippen LogP contribution in [0.3, 0.4) is 0 Å². The number of aliphatic hydroxyl groups is 1. The van der Waals surface area contributed by atoms with E-state index in [1.54, 1.807) is 43.3 Å². The van der Waals surface area contributed by atoms with E-state index in [4.69, 9.17) is 9.47 Å². The predicted molar refractivity (Wildman–Crippen MR) is 74.4 cm³/mol. The third kappa shape index (κ3) is 3.27. The third-order valence-corrected chi connectivity index (χ3v) is 3.01. The monoisotopic (exact) mass is 276 g/mol. The van der Waals surface area contributed by atoms with Crippen molar-refractivity contribution in [2.45, 2.75) is 19.6 Å². The molecular formula is C16H17FO3. The van der Waals surface area contributed by atoms with Crippen LogP contribution in [0.25, 0.3) is 0 Å². The quantitative estimate of drug-likeness (QED) is 0.908. The maximum Gasteiger partial charge on any atom is 0.161 e. The van der Waals surface area contributed by atoms with Gasteiger partial charge in [0.05, 0.1) is 13.2 Å². The van der Waals surface area contributed by atoms with E-state index in [1.807, 2.05) is 0 Å². The molecule has 4 heteroatoms. The summed E-state index contributed by atoms with van der Waals surface area (Å²) in [4.78, 5) is 0. The van der Waals surface area contributed by atoms with Gasteiger partial charge in [0.25, 0.3) is 0 Å². The average molecular weight is 276 g/mol. The molecule has 106 valence electrons. The van der Waals surface area contributed by atoms with Gasteiger partial charge >= 0.3 is 0 Å². The topological polar surface area (TPSA) is 38.7 Å². The number of benzene rings is 2. The van der Waals surface area contributed by atoms with Gasteiger partial charge in [-0.25, -0.2) is 4.39 Å². The summed E-state index contributed by atoms with van der Waals surface area (Å²) in [6.45, 7) is 1.80. The Balaban J connectivity index is 2.15. The fourth-order valence-electron chi connectivity index (χ4n) is 1.83. The summed E-state index contributed by atoms with van der Waals surface area (Å²) in [6.07, 6.45) is -0.579. The third-order valence-electron chi connectivity index (χ3n) is 3.01. The summed E-state index contributed by atoms with van der Waals surface area (Å²) >= 11 is 0. The molecule has 2 aromatic carbocycles. The normalized spacial score (nSPS) is 12.0. The van der Waals surface area contributed by atoms with Crippen molar-refractivity contribution in [1.29, 1.82) is 0 Å². The maximum absolute atomic E-state index is 13.5. The molecule has 0 fully saturated rings. The lowest BCUT2D eigenvalue weighted by molar-refractivity contribution is 0.198. The van der Waals surface area contributed by atoms with Crippen molar-refractivity contribution in [3.8, 4) is 11.5 Å². The van der Waals surface area contributed by atoms with Gasteiger partial charge in [0.15, 0.2) is 11.5 Å². The summed E-state index contributed by atoms with van der Waals surface area (Å²) in [7, 11) is 1.52. The van der Waals surface area contributed by atoms with Crippen LogP contribution in [0, 0.1) is 5.82 Å². The Morgan fingerprint density at radius 1 is 1.15 bits per heavy atom. The first-order valence-corrected chi connectivity index (χ1v) is 6.34. The minimum atomic E-state index is -0.579. The Morgan fingerprint density at radius 2 is 1.90 bits per heavy atom. The van der Waals surface area contributed by atoms with Gasteiger partial charge in [-0.1, -0.05) is 24.3 Å². The molecule has 20 heavy (non-hydrogen) atoms. The number of hydrogen-bond donors (Lipinski definition) is 1. The van der Waals surface area contributed by atoms with Crippen molar-refractivity contribution < 1.29 is 19.0 Å². The van der Waals surface area contributed by atoms with Gasteiger partial charge in [0.1, 0.15) is 12.4 Å². The number of methoxy groups -OCH3 is 1. The molecule has 1 N–H and O–H groups in total. The van der Waals surface area contributed by atoms with E-state index in [2.05, 4.69) is 0 Å². The molecule has 1 atom stereocenters. The number of aliphatic hydroxyl groups excluding tert-OH is 1. The van der Waals surface area contributed by atoms with E-state index in [0.29, 0.717) is 17.1 Å². The van der Waals surface area contributed by atoms with Crippen molar-refractivity contribution in [3.05, 3.63) is 59.4 Å². The molecule has 0 heterocycles. The molecule has 0 saturated carbocycles. The first-order chi connectivity index (χ1) is 9.61. The van der Waals surface area contributed by atoms with Crippen LogP contribution in [0.15, 0.2) is 42.5 Å². The van der Waals surface area contributed by atoms with Crippen molar-refractivity contribution in [2.75, 3.05) is 7.11 Å². The summed E-state index contributed by atoms with van der Waals surface area (Å²) in [5.41, 5.74) is 1.22. The second-order valence-corrected chi connectivity index (χ2v) is 4.47. The van der Waals surface area contributed by atoms with Gasteiger partial charge in [-0.15, -0.1) is 0 Å². The van der Waals surface area contributed by atoms with Gasteiger partial charge in [-0.05, 0) is 30.7 Å². The smallest absolute Gasteiger partial charge is 0.161 e. The van der Waals surface area contributed by atoms with E-state index >= 15 is 0 Å². The van der Waals surface area contributed by atoms with Crippen LogP contribution < -0.4 is 9.47 Å². The van der Waals surface area contributed by atoms with Crippen LogP contribution in [-0.2, 0) is 6.61 Å². The van der Waals surface area contributed by atoms with Crippen molar-refractivity contribution >= 4 is 0 Å². The van der Waals surface area contributed by atoms with Crippen LogP contribution in [0.5, 0.6) is 11.5 Å². The minimum Gasteiger partial charge on any atom is -0.493 e. The Hall–Kier alpha value is -2.07. The predicted octanol–water partition coefficient (Wildman–Crippen LogP) is 3.47. The molecule has 0 aliphatic rings. The molecule has 0 aliphatic heterocycles. The molecule has 0 bridgehead atoms. The van der Waals surface area contributed by atoms with E-state index in [1.165, 1.54) is 13.2 Å². The first kappa shape index (κ1) is 14.3. The van der Waals surface area contributed by atoms with Gasteiger partial charge in [0, 0.05) is 5.56 Å². The van der Waals surface area contributed by atoms with Crippen LogP contribution in [0.2, 0.25) is 0 Å². The SMILES string of the molecule is COc1cc([C@H](C)O)ccc1OCc1ccccc1F. The lowest BCUT2D eigenvalue weighted by Crippen LogP contribution is -2.01. The molecular weight excluding hydrogens is 259 g/mol. The van der Waals surface area contributed by atoms with Crippen LogP contribution in [-0.4, -0.2) is 12.2 Å². The summed E-state index contributed by atoms with van der Waals surface area (Å²) in [6, 6.07) is 11.6. The standard InChI is InChI=1S/C16H17FO3/c1-11(18)12-7-8-15(16(9-12)19-2)20-10-13-5-3-4-6-14(13)17/h3-9,11,18H,10H2,1-2H3/t11-/m0/s1. The summed E-state index contributed by atoms with van der Waals surface area (Å²) in [5.74, 6) is 0.729. The zero-order valence-corrected chi connectivity index (χ0v) is 11.5. The molecule has 2 aromatic rings. The molecule has 0 amide bonds. The lowest BCUT2D eigenvalue weighted by atomic mass is 10.1. The molecule has 0 aliphatic carbocycles. The summed E-state index contributed by atoms with van der Waals surface area (Å²) < 4.78 is 24.3. The molecule has 0 spiro atoms. The molecule has 0 aromatic heterocycles. The number of hydrogen-bond acceptors (Lipinski definition) is 3. The highest BCUT2D eigenvalue weighted by Gasteiger charge is 2.10. The highest BCUT2D eigenvalue weighted by molar-refractivity contribution is 5.43. The highest BCUT2D eigenvalue weighted by Crippen LogP contribution is 2.31. The zero-order valence-electron chi connectivity index (χ0n) is 11.5. The van der Waals surface area contributed by atoms with E-state index in [0.717, 1.165) is 5.56 Å². The largest absolute Gasteiger partial charge is 0.493 e. The number of halogens is 1. The minimum absolute atomic E-state index is 0.122. The number of ether oxygens (including phenoxy) is 2. The molecule has 3 nitrogen and oxygen atoms in total. The highest BCUT2D eigenvalue weighted by atomic mass is 19.1. The van der Waals surface area contributed by atoms with Crippen LogP contribution in [0.4, 0.5) is 4.39 Å². The van der Waals surface area contributed by atoms with Gasteiger partial charge in [-0.3, -0.25) is 0 Å². The van der Waals surface area contributed by atoms with E-state index in [-0.39, 0.29) is 12.4 Å². The van der Waals surface area contributed by atoms with E-state index in [9.17, 15) is 9.50 Å². The van der Waals surface area contributed by atoms with Crippen molar-refractivity contribution in [3.63, 3.8) is 0 Å². The fourth-order valence-corrected chi connectivity index (χ4v) is 1.83. The lowest BCUT2D eigenvalue weighted by Gasteiger charge is -2.13. The molecule has 0 unspecified atom stereocenters. The molecule has 0 radical (unpaired) electrons. The van der Waals surface area contributed by atoms with Gasteiger partial charge in [0.2, 0.25) is 0 Å². The Bertz CT molecular complexity index is 582. The second-order valence-electron chi connectivity index (χ2n) is 4.47.